The third kappa shape index (κ3) is 2.75. The minimum Gasteiger partial charge on any atom is -0.207 e. The summed E-state index contributed by atoms with van der Waals surface area (Å²) in [6, 6.07) is 6.88. The van der Waals surface area contributed by atoms with E-state index in [0.29, 0.717) is 30.8 Å². The Bertz CT molecular complexity index is 543. The Morgan fingerprint density at radius 2 is 1.72 bits per heavy atom. The molecule has 2 rings (SSSR count). The number of hydrogen-bond acceptors (Lipinski definition) is 2. The smallest absolute Gasteiger partial charge is 0.207 e. The highest BCUT2D eigenvalue weighted by molar-refractivity contribution is 7.89. The largest absolute Gasteiger partial charge is 0.243 e. The van der Waals surface area contributed by atoms with Crippen molar-refractivity contribution < 1.29 is 11.2 Å². The molecule has 1 aliphatic heterocycles. The van der Waals surface area contributed by atoms with Gasteiger partial charge >= 0.3 is 0 Å². The van der Waals surface area contributed by atoms with Gasteiger partial charge in [0.15, 0.2) is 0 Å². The van der Waals surface area contributed by atoms with E-state index in [1.807, 2.05) is 6.92 Å². The van der Waals surface area contributed by atoms with Crippen LogP contribution >= 0.6 is 0 Å². The summed E-state index contributed by atoms with van der Waals surface area (Å²) >= 11 is 0. The monoisotopic (exact) mass is 269 g/mol. The lowest BCUT2D eigenvalue weighted by atomic mass is 9.83. The van der Waals surface area contributed by atoms with Gasteiger partial charge in [0.2, 0.25) is 10.0 Å². The fraction of sp³-hybridized carbons (Fsp3) is 0.571. The van der Waals surface area contributed by atoms with E-state index in [0.717, 1.165) is 5.56 Å². The molecule has 0 spiro atoms. The van der Waals surface area contributed by atoms with Gasteiger partial charge in [-0.1, -0.05) is 31.5 Å². The van der Waals surface area contributed by atoms with E-state index >= 15 is 0 Å². The number of benzene rings is 1. The lowest BCUT2D eigenvalue weighted by molar-refractivity contribution is 0.196. The van der Waals surface area contributed by atoms with Crippen LogP contribution in [0, 0.1) is 12.3 Å². The van der Waals surface area contributed by atoms with Crippen LogP contribution in [0.1, 0.15) is 34.9 Å². The normalized spacial score (nSPS) is 22.3. The molecule has 1 saturated heterocycles. The van der Waals surface area contributed by atoms with Crippen LogP contribution in [-0.4, -0.2) is 25.8 Å². The van der Waals surface area contributed by atoms with Crippen molar-refractivity contribution in [3.8, 4) is 0 Å². The minimum absolute atomic E-state index is 0.203. The second-order valence-corrected chi connectivity index (χ2v) is 7.16. The maximum atomic E-state index is 12.5. The molecule has 1 aromatic rings. The average molecular weight is 269 g/mol. The Labute approximate surface area is 113 Å². The molecule has 0 radical (unpaired) electrons. The molecule has 4 heteroatoms. The maximum Gasteiger partial charge on any atom is 0.243 e. The summed E-state index contributed by atoms with van der Waals surface area (Å²) in [5.41, 5.74) is 0.712. The number of sulfonamides is 1. The van der Waals surface area contributed by atoms with Gasteiger partial charge in [-0.25, -0.2) is 8.42 Å². The van der Waals surface area contributed by atoms with E-state index < -0.39 is 10.0 Å². The predicted molar refractivity (Wildman–Crippen MR) is 73.0 cm³/mol. The number of rotatable bonds is 2. The molecule has 0 amide bonds. The molecule has 0 unspecified atom stereocenters. The third-order valence-corrected chi connectivity index (χ3v) is 5.35. The molecule has 0 aromatic heterocycles. The van der Waals surface area contributed by atoms with Crippen molar-refractivity contribution in [2.24, 2.45) is 5.41 Å². The van der Waals surface area contributed by atoms with Gasteiger partial charge in [-0.15, -0.1) is 0 Å². The van der Waals surface area contributed by atoms with Crippen molar-refractivity contribution in [1.29, 1.82) is 0 Å². The number of nitrogens with zero attached hydrogens (tertiary/aromatic N) is 1. The van der Waals surface area contributed by atoms with Crippen LogP contribution in [0.5, 0.6) is 0 Å². The molecule has 1 fully saturated rings. The number of hydrogen-bond donors (Lipinski definition) is 0. The number of aryl methyl sites for hydroxylation is 1. The van der Waals surface area contributed by atoms with Crippen molar-refractivity contribution >= 4 is 10.0 Å². The van der Waals surface area contributed by atoms with Crippen molar-refractivity contribution in [3.05, 3.63) is 29.8 Å². The quantitative estimate of drug-likeness (QED) is 0.828. The first kappa shape index (κ1) is 11.0. The minimum atomic E-state index is -3.43. The summed E-state index contributed by atoms with van der Waals surface area (Å²) in [6.45, 7) is 3.15. The van der Waals surface area contributed by atoms with Crippen molar-refractivity contribution in [2.45, 2.75) is 38.5 Å². The molecule has 1 aliphatic rings. The van der Waals surface area contributed by atoms with Gasteiger partial charge in [-0.05, 0) is 37.3 Å². The number of piperidine rings is 1. The first-order valence-corrected chi connectivity index (χ1v) is 7.53. The van der Waals surface area contributed by atoms with Crippen LogP contribution in [0.25, 0.3) is 0 Å². The van der Waals surface area contributed by atoms with E-state index in [4.69, 9.17) is 2.74 Å². The fourth-order valence-corrected chi connectivity index (χ4v) is 3.50. The molecule has 3 nitrogen and oxygen atoms in total. The average Bonchev–Trinajstić information content (AvgIpc) is 2.47. The van der Waals surface area contributed by atoms with Crippen LogP contribution in [0.2, 0.25) is 0 Å². The second kappa shape index (κ2) is 4.67. The van der Waals surface area contributed by atoms with E-state index in [1.54, 1.807) is 24.3 Å². The summed E-state index contributed by atoms with van der Waals surface area (Å²) in [5, 5.41) is 0. The zero-order valence-electron chi connectivity index (χ0n) is 12.7. The Morgan fingerprint density at radius 3 is 2.22 bits per heavy atom. The van der Waals surface area contributed by atoms with Gasteiger partial charge in [0.1, 0.15) is 0 Å². The topological polar surface area (TPSA) is 37.4 Å². The van der Waals surface area contributed by atoms with Gasteiger partial charge in [-0.2, -0.15) is 4.31 Å². The van der Waals surface area contributed by atoms with Gasteiger partial charge in [0.25, 0.3) is 0 Å². The van der Waals surface area contributed by atoms with Gasteiger partial charge in [0.05, 0.1) is 4.90 Å². The molecule has 0 bridgehead atoms. The van der Waals surface area contributed by atoms with E-state index in [-0.39, 0.29) is 19.2 Å². The van der Waals surface area contributed by atoms with Gasteiger partial charge in [0, 0.05) is 15.8 Å². The fourth-order valence-electron chi connectivity index (χ4n) is 2.06. The van der Waals surface area contributed by atoms with Crippen LogP contribution < -0.4 is 0 Å². The van der Waals surface area contributed by atoms with Crippen LogP contribution in [0.3, 0.4) is 0 Å². The molecule has 0 atom stereocenters. The van der Waals surface area contributed by atoms with Crippen molar-refractivity contribution in [2.75, 3.05) is 13.1 Å². The zero-order chi connectivity index (χ0) is 14.8. The molecule has 0 aliphatic carbocycles. The predicted octanol–water partition coefficient (Wildman–Crippen LogP) is 2.81. The van der Waals surface area contributed by atoms with Crippen LogP contribution in [0.4, 0.5) is 0 Å². The van der Waals surface area contributed by atoms with Crippen LogP contribution in [0.15, 0.2) is 29.2 Å². The summed E-state index contributed by atoms with van der Waals surface area (Å²) < 4.78 is 41.7. The third-order valence-electron chi connectivity index (χ3n) is 3.44. The first-order valence-electron chi connectivity index (χ1n) is 7.50. The molecule has 0 saturated carbocycles. The SMILES string of the molecule is [2H]CC1(C[2H])CCN(S(=O)(=O)c2ccc(C)cc2)CC1. The lowest BCUT2D eigenvalue weighted by Crippen LogP contribution is -2.41. The summed E-state index contributed by atoms with van der Waals surface area (Å²) in [6.07, 6.45) is 1.20. The molecule has 1 heterocycles. The lowest BCUT2D eigenvalue weighted by Gasteiger charge is -2.36. The highest BCUT2D eigenvalue weighted by atomic mass is 32.2. The molecular formula is C14H21NO2S. The Balaban J connectivity index is 2.15. The molecule has 1 aromatic carbocycles. The van der Waals surface area contributed by atoms with Crippen molar-refractivity contribution in [1.82, 2.24) is 4.31 Å². The maximum absolute atomic E-state index is 12.5. The Morgan fingerprint density at radius 1 is 1.17 bits per heavy atom. The summed E-state index contributed by atoms with van der Waals surface area (Å²) in [5.74, 6) is 0. The van der Waals surface area contributed by atoms with E-state index in [1.165, 1.54) is 4.31 Å². The van der Waals surface area contributed by atoms with E-state index in [2.05, 4.69) is 0 Å². The highest BCUT2D eigenvalue weighted by Crippen LogP contribution is 2.32. The van der Waals surface area contributed by atoms with Gasteiger partial charge in [-0.3, -0.25) is 0 Å². The van der Waals surface area contributed by atoms with Crippen LogP contribution in [-0.2, 0) is 10.0 Å². The molecule has 0 N–H and O–H groups in total. The summed E-state index contributed by atoms with van der Waals surface area (Å²) in [7, 11) is -3.43. The molecule has 18 heavy (non-hydrogen) atoms. The first-order chi connectivity index (χ1) is 9.43. The standard InChI is InChI=1S/C14H21NO2S/c1-12-4-6-13(7-5-12)18(16,17)15-10-8-14(2,3)9-11-15/h4-7H,8-11H2,1-3H3/i2D,3D. The van der Waals surface area contributed by atoms with E-state index in [9.17, 15) is 8.42 Å². The van der Waals surface area contributed by atoms with Crippen molar-refractivity contribution in [3.63, 3.8) is 0 Å². The Hall–Kier alpha value is -0.870. The highest BCUT2D eigenvalue weighted by Gasteiger charge is 2.32. The van der Waals surface area contributed by atoms with Gasteiger partial charge < -0.3 is 0 Å². The molecule has 100 valence electrons. The summed E-state index contributed by atoms with van der Waals surface area (Å²) in [4.78, 5) is 0.326. The zero-order valence-corrected chi connectivity index (χ0v) is 11.5. The molecular weight excluding hydrogens is 246 g/mol. The Kier molecular flexibility index (Phi) is 2.85. The second-order valence-electron chi connectivity index (χ2n) is 5.22.